The summed E-state index contributed by atoms with van der Waals surface area (Å²) in [6, 6.07) is 8.36. The largest absolute Gasteiger partial charge is 0.279 e. The predicted octanol–water partition coefficient (Wildman–Crippen LogP) is 2.96. The third-order valence-corrected chi connectivity index (χ3v) is 8.74. The fraction of sp³-hybridized carbons (Fsp3) is 0.375. The second kappa shape index (κ2) is 6.62. The van der Waals surface area contributed by atoms with Crippen LogP contribution in [0.5, 0.6) is 0 Å². The van der Waals surface area contributed by atoms with E-state index in [-0.39, 0.29) is 9.96 Å². The monoisotopic (exact) mass is 400 g/mol. The van der Waals surface area contributed by atoms with Crippen LogP contribution in [0.4, 0.5) is 11.4 Å². The Morgan fingerprint density at radius 1 is 1.16 bits per heavy atom. The molecule has 0 unspecified atom stereocenters. The van der Waals surface area contributed by atoms with Gasteiger partial charge in [-0.1, -0.05) is 0 Å². The van der Waals surface area contributed by atoms with Crippen LogP contribution in [0.3, 0.4) is 0 Å². The lowest BCUT2D eigenvalue weighted by atomic mass is 10.0. The molecule has 6 nitrogen and oxygen atoms in total. The Balaban J connectivity index is 1.92. The van der Waals surface area contributed by atoms with Gasteiger partial charge in [0, 0.05) is 17.1 Å². The first-order valence-electron chi connectivity index (χ1n) is 7.95. The minimum atomic E-state index is -3.63. The summed E-state index contributed by atoms with van der Waals surface area (Å²) in [6.45, 7) is 3.93. The van der Waals surface area contributed by atoms with Crippen LogP contribution in [0.1, 0.15) is 23.8 Å². The van der Waals surface area contributed by atoms with Crippen molar-refractivity contribution >= 4 is 42.8 Å². The number of nitrogens with one attached hydrogen (secondary N) is 1. The van der Waals surface area contributed by atoms with Gasteiger partial charge in [0.15, 0.2) is 0 Å². The van der Waals surface area contributed by atoms with Crippen molar-refractivity contribution in [2.45, 2.75) is 30.9 Å². The van der Waals surface area contributed by atoms with E-state index < -0.39 is 20.0 Å². The molecule has 0 saturated heterocycles. The summed E-state index contributed by atoms with van der Waals surface area (Å²) >= 11 is 1.21. The van der Waals surface area contributed by atoms with Gasteiger partial charge in [-0.25, -0.2) is 16.8 Å². The minimum Gasteiger partial charge on any atom is -0.279 e. The number of anilines is 2. The Hall–Kier alpha value is -1.58. The lowest BCUT2D eigenvalue weighted by Crippen LogP contribution is -2.36. The van der Waals surface area contributed by atoms with Crippen LogP contribution in [0.25, 0.3) is 0 Å². The number of fused-ring (bicyclic) bond motifs is 1. The first kappa shape index (κ1) is 18.2. The Morgan fingerprint density at radius 3 is 2.56 bits per heavy atom. The van der Waals surface area contributed by atoms with Crippen LogP contribution < -0.4 is 9.03 Å². The summed E-state index contributed by atoms with van der Waals surface area (Å²) in [5, 5.41) is 0. The van der Waals surface area contributed by atoms with E-state index in [0.29, 0.717) is 24.3 Å². The molecule has 0 spiro atoms. The van der Waals surface area contributed by atoms with Crippen molar-refractivity contribution in [1.29, 1.82) is 0 Å². The number of hydrogen-bond acceptors (Lipinski definition) is 5. The fourth-order valence-electron chi connectivity index (χ4n) is 2.83. The number of nitrogens with zero attached hydrogens (tertiary/aromatic N) is 1. The van der Waals surface area contributed by atoms with Crippen LogP contribution in [0, 0.1) is 6.92 Å². The van der Waals surface area contributed by atoms with Gasteiger partial charge in [-0.15, -0.1) is 11.3 Å². The number of hydrogen-bond donors (Lipinski definition) is 1. The highest BCUT2D eigenvalue weighted by Gasteiger charge is 2.26. The number of aryl methyl sites for hydroxylation is 2. The van der Waals surface area contributed by atoms with Gasteiger partial charge in [-0.2, -0.15) is 0 Å². The lowest BCUT2D eigenvalue weighted by molar-refractivity contribution is 0.587. The van der Waals surface area contributed by atoms with Gasteiger partial charge in [0.2, 0.25) is 10.0 Å². The molecule has 25 heavy (non-hydrogen) atoms. The topological polar surface area (TPSA) is 83.6 Å². The number of benzene rings is 1. The van der Waals surface area contributed by atoms with Gasteiger partial charge in [0.05, 0.1) is 11.4 Å². The average Bonchev–Trinajstić information content (AvgIpc) is 3.01. The van der Waals surface area contributed by atoms with E-state index in [1.165, 1.54) is 15.6 Å². The molecule has 1 aromatic carbocycles. The zero-order chi connectivity index (χ0) is 18.2. The van der Waals surface area contributed by atoms with Gasteiger partial charge in [-0.05, 0) is 62.6 Å². The summed E-state index contributed by atoms with van der Waals surface area (Å²) in [7, 11) is -6.96. The van der Waals surface area contributed by atoms with Gasteiger partial charge >= 0.3 is 0 Å². The maximum Gasteiger partial charge on any atom is 0.271 e. The SMILES string of the molecule is CCS(=O)(=O)N1CCCc2cc(NS(=O)(=O)c3ccc(C)s3)ccc21. The third-order valence-electron chi connectivity index (χ3n) is 4.09. The number of sulfonamides is 2. The van der Waals surface area contributed by atoms with Crippen molar-refractivity contribution < 1.29 is 16.8 Å². The molecule has 3 rings (SSSR count). The van der Waals surface area contributed by atoms with Crippen molar-refractivity contribution in [3.63, 3.8) is 0 Å². The van der Waals surface area contributed by atoms with Crippen LogP contribution >= 0.6 is 11.3 Å². The van der Waals surface area contributed by atoms with E-state index in [1.807, 2.05) is 6.92 Å². The molecule has 0 radical (unpaired) electrons. The number of thiophene rings is 1. The maximum absolute atomic E-state index is 12.4. The Kier molecular flexibility index (Phi) is 4.82. The zero-order valence-corrected chi connectivity index (χ0v) is 16.5. The van der Waals surface area contributed by atoms with Crippen LogP contribution in [0.15, 0.2) is 34.5 Å². The van der Waals surface area contributed by atoms with Gasteiger partial charge in [-0.3, -0.25) is 9.03 Å². The highest BCUT2D eigenvalue weighted by Crippen LogP contribution is 2.32. The zero-order valence-electron chi connectivity index (χ0n) is 14.0. The summed E-state index contributed by atoms with van der Waals surface area (Å²) in [4.78, 5) is 0.922. The molecule has 1 aliphatic rings. The Bertz CT molecular complexity index is 994. The lowest BCUT2D eigenvalue weighted by Gasteiger charge is -2.30. The van der Waals surface area contributed by atoms with Crippen LogP contribution in [0.2, 0.25) is 0 Å². The summed E-state index contributed by atoms with van der Waals surface area (Å²) < 4.78 is 53.6. The Morgan fingerprint density at radius 2 is 1.92 bits per heavy atom. The van der Waals surface area contributed by atoms with Gasteiger partial charge in [0.1, 0.15) is 4.21 Å². The normalized spacial score (nSPS) is 15.0. The summed E-state index contributed by atoms with van der Waals surface area (Å²) in [5.74, 6) is 0.0402. The van der Waals surface area contributed by atoms with Gasteiger partial charge in [0.25, 0.3) is 10.0 Å². The van der Waals surface area contributed by atoms with Crippen molar-refractivity contribution in [2.24, 2.45) is 0 Å². The van der Waals surface area contributed by atoms with E-state index in [4.69, 9.17) is 0 Å². The van der Waals surface area contributed by atoms with Crippen molar-refractivity contribution in [1.82, 2.24) is 0 Å². The molecule has 2 aromatic rings. The predicted molar refractivity (Wildman–Crippen MR) is 101 cm³/mol. The molecular formula is C16H20N2O4S3. The maximum atomic E-state index is 12.4. The first-order chi connectivity index (χ1) is 11.7. The summed E-state index contributed by atoms with van der Waals surface area (Å²) in [6.07, 6.45) is 1.44. The molecule has 0 amide bonds. The molecule has 9 heteroatoms. The quantitative estimate of drug-likeness (QED) is 0.836. The molecule has 0 fully saturated rings. The molecule has 0 saturated carbocycles. The van der Waals surface area contributed by atoms with E-state index in [0.717, 1.165) is 16.9 Å². The van der Waals surface area contributed by atoms with Crippen LogP contribution in [-0.4, -0.2) is 29.1 Å². The van der Waals surface area contributed by atoms with E-state index in [2.05, 4.69) is 4.72 Å². The molecule has 1 N–H and O–H groups in total. The fourth-order valence-corrected chi connectivity index (χ4v) is 6.36. The second-order valence-electron chi connectivity index (χ2n) is 5.89. The Labute approximate surface area is 152 Å². The molecule has 1 aromatic heterocycles. The molecule has 1 aliphatic heterocycles. The third kappa shape index (κ3) is 3.68. The van der Waals surface area contributed by atoms with Gasteiger partial charge < -0.3 is 0 Å². The van der Waals surface area contributed by atoms with E-state index >= 15 is 0 Å². The highest BCUT2D eigenvalue weighted by molar-refractivity contribution is 7.94. The molecule has 0 bridgehead atoms. The standard InChI is InChI=1S/C16H20N2O4S3/c1-3-24(19,20)18-10-4-5-13-11-14(7-8-15(13)18)17-25(21,22)16-9-6-12(2)23-16/h6-9,11,17H,3-5,10H2,1-2H3. The molecule has 136 valence electrons. The van der Waals surface area contributed by atoms with Crippen molar-refractivity contribution in [3.8, 4) is 0 Å². The van der Waals surface area contributed by atoms with E-state index in [9.17, 15) is 16.8 Å². The molecule has 2 heterocycles. The smallest absolute Gasteiger partial charge is 0.271 e. The van der Waals surface area contributed by atoms with E-state index in [1.54, 1.807) is 37.3 Å². The highest BCUT2D eigenvalue weighted by atomic mass is 32.2. The van der Waals surface area contributed by atoms with Crippen LogP contribution in [-0.2, 0) is 26.5 Å². The average molecular weight is 401 g/mol. The summed E-state index contributed by atoms with van der Waals surface area (Å²) in [5.41, 5.74) is 1.93. The number of rotatable bonds is 5. The molecule has 0 aliphatic carbocycles. The van der Waals surface area contributed by atoms with Crippen molar-refractivity contribution in [3.05, 3.63) is 40.8 Å². The minimum absolute atomic E-state index is 0.0402. The first-order valence-corrected chi connectivity index (χ1v) is 11.9. The molecule has 0 atom stereocenters. The second-order valence-corrected chi connectivity index (χ2v) is 11.3. The molecular weight excluding hydrogens is 380 g/mol. The van der Waals surface area contributed by atoms with Crippen molar-refractivity contribution in [2.75, 3.05) is 21.3 Å².